The first-order valence-corrected chi connectivity index (χ1v) is 6.45. The quantitative estimate of drug-likeness (QED) is 0.695. The van der Waals surface area contributed by atoms with Gasteiger partial charge < -0.3 is 10.1 Å². The smallest absolute Gasteiger partial charge is 0.266 e. The molecule has 4 nitrogen and oxygen atoms in total. The van der Waals surface area contributed by atoms with Gasteiger partial charge in [-0.15, -0.1) is 0 Å². The van der Waals surface area contributed by atoms with Crippen LogP contribution >= 0.6 is 0 Å². The van der Waals surface area contributed by atoms with Crippen LogP contribution in [0.3, 0.4) is 0 Å². The molecule has 1 amide bonds. The molecule has 0 atom stereocenters. The summed E-state index contributed by atoms with van der Waals surface area (Å²) in [6.07, 6.45) is 1.46. The number of rotatable bonds is 4. The number of ether oxygens (including phenoxy) is 1. The number of carbonyl (C=O) groups is 1. The van der Waals surface area contributed by atoms with E-state index in [4.69, 9.17) is 10.00 Å². The molecule has 0 unspecified atom stereocenters. The van der Waals surface area contributed by atoms with Gasteiger partial charge >= 0.3 is 0 Å². The molecule has 0 fully saturated rings. The van der Waals surface area contributed by atoms with Crippen LogP contribution in [0.5, 0.6) is 5.75 Å². The molecule has 0 bridgehead atoms. The van der Waals surface area contributed by atoms with E-state index in [-0.39, 0.29) is 5.57 Å². The topological polar surface area (TPSA) is 62.1 Å². The largest absolute Gasteiger partial charge is 0.497 e. The number of nitrogens with one attached hydrogen (secondary N) is 1. The van der Waals surface area contributed by atoms with Crippen LogP contribution in [0.1, 0.15) is 5.56 Å². The summed E-state index contributed by atoms with van der Waals surface area (Å²) in [4.78, 5) is 12.1. The molecule has 2 aromatic carbocycles. The second kappa shape index (κ2) is 7.04. The van der Waals surface area contributed by atoms with Crippen LogP contribution in [0.4, 0.5) is 10.1 Å². The number of carbonyl (C=O) groups excluding carboxylic acids is 1. The lowest BCUT2D eigenvalue weighted by molar-refractivity contribution is -0.112. The van der Waals surface area contributed by atoms with E-state index in [9.17, 15) is 9.18 Å². The summed E-state index contributed by atoms with van der Waals surface area (Å²) in [7, 11) is 1.54. The predicted molar refractivity (Wildman–Crippen MR) is 81.6 cm³/mol. The van der Waals surface area contributed by atoms with Crippen molar-refractivity contribution in [1.82, 2.24) is 0 Å². The summed E-state index contributed by atoms with van der Waals surface area (Å²) in [5.41, 5.74) is 1.03. The van der Waals surface area contributed by atoms with Crippen LogP contribution in [-0.4, -0.2) is 13.0 Å². The van der Waals surface area contributed by atoms with Gasteiger partial charge in [0.1, 0.15) is 23.2 Å². The molecule has 0 aliphatic heterocycles. The predicted octanol–water partition coefficient (Wildman–Crippen LogP) is 3.38. The molecule has 2 rings (SSSR count). The number of benzene rings is 2. The van der Waals surface area contributed by atoms with Crippen LogP contribution in [-0.2, 0) is 4.79 Å². The number of hydrogen-bond donors (Lipinski definition) is 1. The van der Waals surface area contributed by atoms with Crippen molar-refractivity contribution in [3.63, 3.8) is 0 Å². The summed E-state index contributed by atoms with van der Waals surface area (Å²) >= 11 is 0. The number of amides is 1. The summed E-state index contributed by atoms with van der Waals surface area (Å²) in [6.45, 7) is 0. The number of anilines is 1. The van der Waals surface area contributed by atoms with E-state index in [1.165, 1.54) is 37.5 Å². The van der Waals surface area contributed by atoms with Gasteiger partial charge in [0, 0.05) is 5.69 Å². The third-order valence-corrected chi connectivity index (χ3v) is 2.87. The summed E-state index contributed by atoms with van der Waals surface area (Å²) in [6, 6.07) is 14.2. The number of nitrogens with zero attached hydrogens (tertiary/aromatic N) is 1. The molecular weight excluding hydrogens is 283 g/mol. The van der Waals surface area contributed by atoms with E-state index >= 15 is 0 Å². The maximum atomic E-state index is 12.8. The minimum absolute atomic E-state index is 0.0578. The average Bonchev–Trinajstić information content (AvgIpc) is 2.54. The molecular formula is C17H13FN2O2. The van der Waals surface area contributed by atoms with Gasteiger partial charge in [0.2, 0.25) is 0 Å². The van der Waals surface area contributed by atoms with Crippen molar-refractivity contribution >= 4 is 17.7 Å². The van der Waals surface area contributed by atoms with Crippen molar-refractivity contribution in [2.24, 2.45) is 0 Å². The molecule has 1 N–H and O–H groups in total. The first-order chi connectivity index (χ1) is 10.6. The van der Waals surface area contributed by atoms with Gasteiger partial charge in [-0.25, -0.2) is 4.39 Å². The van der Waals surface area contributed by atoms with Crippen molar-refractivity contribution in [3.8, 4) is 11.8 Å². The fourth-order valence-electron chi connectivity index (χ4n) is 1.78. The third-order valence-electron chi connectivity index (χ3n) is 2.87. The Balaban J connectivity index is 2.19. The van der Waals surface area contributed by atoms with E-state index in [1.54, 1.807) is 24.3 Å². The van der Waals surface area contributed by atoms with Gasteiger partial charge in [0.05, 0.1) is 7.11 Å². The fourth-order valence-corrected chi connectivity index (χ4v) is 1.78. The Bertz CT molecular complexity index is 746. The lowest BCUT2D eigenvalue weighted by atomic mass is 10.1. The third kappa shape index (κ3) is 3.93. The van der Waals surface area contributed by atoms with E-state index in [0.29, 0.717) is 17.0 Å². The molecule has 5 heteroatoms. The average molecular weight is 296 g/mol. The monoisotopic (exact) mass is 296 g/mol. The molecule has 0 spiro atoms. The Morgan fingerprint density at radius 1 is 1.27 bits per heavy atom. The lowest BCUT2D eigenvalue weighted by Gasteiger charge is -2.05. The Morgan fingerprint density at radius 3 is 2.64 bits per heavy atom. The van der Waals surface area contributed by atoms with E-state index in [1.807, 2.05) is 6.07 Å². The van der Waals surface area contributed by atoms with Gasteiger partial charge in [-0.3, -0.25) is 4.79 Å². The van der Waals surface area contributed by atoms with Crippen molar-refractivity contribution in [3.05, 3.63) is 65.5 Å². The van der Waals surface area contributed by atoms with Crippen molar-refractivity contribution in [2.75, 3.05) is 12.4 Å². The molecule has 110 valence electrons. The Kier molecular flexibility index (Phi) is 4.89. The molecule has 0 radical (unpaired) electrons. The van der Waals surface area contributed by atoms with Crippen molar-refractivity contribution in [1.29, 1.82) is 5.26 Å². The zero-order chi connectivity index (χ0) is 15.9. The Labute approximate surface area is 127 Å². The highest BCUT2D eigenvalue weighted by Gasteiger charge is 2.09. The number of hydrogen-bond acceptors (Lipinski definition) is 3. The molecule has 0 saturated heterocycles. The Hall–Kier alpha value is -3.13. The maximum absolute atomic E-state index is 12.8. The second-order valence-corrected chi connectivity index (χ2v) is 4.41. The van der Waals surface area contributed by atoms with Crippen molar-refractivity contribution in [2.45, 2.75) is 0 Å². The summed E-state index contributed by atoms with van der Waals surface area (Å²) in [5.74, 6) is -0.327. The zero-order valence-electron chi connectivity index (χ0n) is 11.8. The number of halogens is 1. The number of nitriles is 1. The summed E-state index contributed by atoms with van der Waals surface area (Å²) in [5, 5.41) is 11.7. The highest BCUT2D eigenvalue weighted by atomic mass is 19.1. The molecule has 0 heterocycles. The van der Waals surface area contributed by atoms with Gasteiger partial charge in [-0.2, -0.15) is 5.26 Å². The second-order valence-electron chi connectivity index (χ2n) is 4.41. The van der Waals surface area contributed by atoms with Gasteiger partial charge in [-0.05, 0) is 48.0 Å². The maximum Gasteiger partial charge on any atom is 0.266 e. The van der Waals surface area contributed by atoms with E-state index in [2.05, 4.69) is 5.32 Å². The standard InChI is InChI=1S/C17H13FN2O2/c1-22-16-4-2-3-12(10-16)9-13(11-19)17(21)20-15-7-5-14(18)6-8-15/h2-10H,1H3,(H,20,21). The zero-order valence-corrected chi connectivity index (χ0v) is 11.8. The van der Waals surface area contributed by atoms with Crippen LogP contribution in [0.25, 0.3) is 6.08 Å². The minimum Gasteiger partial charge on any atom is -0.497 e. The van der Waals surface area contributed by atoms with Crippen LogP contribution < -0.4 is 10.1 Å². The molecule has 0 aliphatic rings. The molecule has 22 heavy (non-hydrogen) atoms. The first-order valence-electron chi connectivity index (χ1n) is 6.45. The highest BCUT2D eigenvalue weighted by Crippen LogP contribution is 2.16. The summed E-state index contributed by atoms with van der Waals surface area (Å²) < 4.78 is 17.9. The van der Waals surface area contributed by atoms with Crippen LogP contribution in [0.2, 0.25) is 0 Å². The van der Waals surface area contributed by atoms with Crippen LogP contribution in [0.15, 0.2) is 54.1 Å². The molecule has 0 aliphatic carbocycles. The van der Waals surface area contributed by atoms with Crippen molar-refractivity contribution < 1.29 is 13.9 Å². The van der Waals surface area contributed by atoms with Gasteiger partial charge in [0.15, 0.2) is 0 Å². The van der Waals surface area contributed by atoms with Gasteiger partial charge in [-0.1, -0.05) is 12.1 Å². The molecule has 0 saturated carbocycles. The SMILES string of the molecule is COc1cccc(C=C(C#N)C(=O)Nc2ccc(F)cc2)c1. The van der Waals surface area contributed by atoms with E-state index in [0.717, 1.165) is 0 Å². The lowest BCUT2D eigenvalue weighted by Crippen LogP contribution is -2.13. The number of methoxy groups -OCH3 is 1. The van der Waals surface area contributed by atoms with E-state index < -0.39 is 11.7 Å². The molecule has 2 aromatic rings. The Morgan fingerprint density at radius 2 is 2.00 bits per heavy atom. The minimum atomic E-state index is -0.558. The van der Waals surface area contributed by atoms with Crippen LogP contribution in [0, 0.1) is 17.1 Å². The first kappa shape index (κ1) is 15.3. The van der Waals surface area contributed by atoms with Gasteiger partial charge in [0.25, 0.3) is 5.91 Å². The normalized spacial score (nSPS) is 10.7. The molecule has 0 aromatic heterocycles. The fraction of sp³-hybridized carbons (Fsp3) is 0.0588. The highest BCUT2D eigenvalue weighted by molar-refractivity contribution is 6.09.